The monoisotopic (exact) mass is 469 g/mol. The molecule has 0 saturated carbocycles. The van der Waals surface area contributed by atoms with Crippen molar-refractivity contribution in [2.24, 2.45) is 0 Å². The second-order valence-corrected chi connectivity index (χ2v) is 7.42. The Morgan fingerprint density at radius 3 is 2.39 bits per heavy atom. The van der Waals surface area contributed by atoms with Gasteiger partial charge in [0.05, 0.1) is 23.8 Å². The van der Waals surface area contributed by atoms with Crippen molar-refractivity contribution in [1.82, 2.24) is 24.5 Å². The summed E-state index contributed by atoms with van der Waals surface area (Å²) in [5.41, 5.74) is 1.20. The van der Waals surface area contributed by atoms with Gasteiger partial charge in [0.25, 0.3) is 0 Å². The van der Waals surface area contributed by atoms with Crippen LogP contribution >= 0.6 is 11.8 Å². The Morgan fingerprint density at radius 2 is 1.77 bits per heavy atom. The zero-order valence-electron chi connectivity index (χ0n) is 15.7. The molecule has 168 valence electrons. The Bertz CT molecular complexity index is 1020. The van der Waals surface area contributed by atoms with E-state index < -0.39 is 30.4 Å². The highest BCUT2D eigenvalue weighted by molar-refractivity contribution is 7.99. The Morgan fingerprint density at radius 1 is 1.03 bits per heavy atom. The van der Waals surface area contributed by atoms with Crippen molar-refractivity contribution in [2.45, 2.75) is 29.8 Å². The average Bonchev–Trinajstić information content (AvgIpc) is 3.38. The zero-order valence-corrected chi connectivity index (χ0v) is 16.5. The molecule has 0 aliphatic rings. The molecule has 14 heteroatoms. The van der Waals surface area contributed by atoms with Gasteiger partial charge in [-0.3, -0.25) is 0 Å². The number of halogens is 7. The van der Waals surface area contributed by atoms with Gasteiger partial charge < -0.3 is 4.74 Å². The van der Waals surface area contributed by atoms with Gasteiger partial charge in [0, 0.05) is 4.90 Å². The van der Waals surface area contributed by atoms with Crippen LogP contribution in [0.4, 0.5) is 30.7 Å². The van der Waals surface area contributed by atoms with Crippen molar-refractivity contribution in [1.29, 1.82) is 0 Å². The van der Waals surface area contributed by atoms with Crippen molar-refractivity contribution in [3.05, 3.63) is 43.2 Å². The smallest absolute Gasteiger partial charge is 0.460 e. The van der Waals surface area contributed by atoms with E-state index in [1.165, 1.54) is 33.8 Å². The number of nitrogens with zero attached hydrogens (tertiary/aromatic N) is 5. The van der Waals surface area contributed by atoms with E-state index in [0.29, 0.717) is 17.1 Å². The second kappa shape index (κ2) is 8.40. The predicted octanol–water partition coefficient (Wildman–Crippen LogP) is 4.78. The number of hydrogen-bond acceptors (Lipinski definition) is 5. The summed E-state index contributed by atoms with van der Waals surface area (Å²) in [6.07, 6.45) is -1.52. The lowest BCUT2D eigenvalue weighted by molar-refractivity contribution is -0.358. The lowest BCUT2D eigenvalue weighted by atomic mass is 10.2. The molecule has 0 bridgehead atoms. The van der Waals surface area contributed by atoms with E-state index in [1.807, 2.05) is 6.92 Å². The van der Waals surface area contributed by atoms with Gasteiger partial charge >= 0.3 is 18.0 Å². The van der Waals surface area contributed by atoms with Crippen molar-refractivity contribution in [3.8, 4) is 17.1 Å². The predicted molar refractivity (Wildman–Crippen MR) is 96.3 cm³/mol. The largest absolute Gasteiger partial charge is 0.484 e. The highest BCUT2D eigenvalue weighted by Crippen LogP contribution is 2.46. The molecule has 0 radical (unpaired) electrons. The van der Waals surface area contributed by atoms with Crippen molar-refractivity contribution in [3.63, 3.8) is 0 Å². The summed E-state index contributed by atoms with van der Waals surface area (Å²) >= 11 is 1.43. The number of aromatic nitrogens is 5. The van der Waals surface area contributed by atoms with E-state index in [9.17, 15) is 30.7 Å². The van der Waals surface area contributed by atoms with Crippen LogP contribution in [0, 0.1) is 0 Å². The van der Waals surface area contributed by atoms with E-state index in [0.717, 1.165) is 17.3 Å². The molecule has 1 aromatic carbocycles. The Hall–Kier alpha value is -2.77. The fraction of sp³-hybridized carbons (Fsp3) is 0.353. The molecule has 6 nitrogen and oxygen atoms in total. The molecule has 0 fully saturated rings. The number of hydrogen-bond donors (Lipinski definition) is 0. The quantitative estimate of drug-likeness (QED) is 0.351. The first-order valence-electron chi connectivity index (χ1n) is 8.58. The van der Waals surface area contributed by atoms with Gasteiger partial charge in [-0.2, -0.15) is 40.9 Å². The first kappa shape index (κ1) is 22.9. The number of thioether (sulfide) groups is 1. The fourth-order valence-electron chi connectivity index (χ4n) is 2.43. The van der Waals surface area contributed by atoms with Gasteiger partial charge in [0.15, 0.2) is 12.4 Å². The summed E-state index contributed by atoms with van der Waals surface area (Å²) in [5.74, 6) is -11.4. The molecule has 2 heterocycles. The Labute approximate surface area is 175 Å². The van der Waals surface area contributed by atoms with E-state index in [4.69, 9.17) is 0 Å². The van der Waals surface area contributed by atoms with E-state index in [1.54, 1.807) is 18.2 Å². The number of ether oxygens (including phenoxy) is 1. The molecule has 0 N–H and O–H groups in total. The summed E-state index contributed by atoms with van der Waals surface area (Å²) < 4.78 is 96.7. The minimum atomic E-state index is -6.41. The summed E-state index contributed by atoms with van der Waals surface area (Å²) in [4.78, 5) is 4.58. The molecule has 0 saturated heterocycles. The third-order valence-corrected chi connectivity index (χ3v) is 4.89. The van der Waals surface area contributed by atoms with Crippen LogP contribution in [0.25, 0.3) is 11.4 Å². The maximum Gasteiger partial charge on any atom is 0.460 e. The van der Waals surface area contributed by atoms with E-state index in [2.05, 4.69) is 19.9 Å². The van der Waals surface area contributed by atoms with Crippen LogP contribution in [0.15, 0.2) is 48.1 Å². The molecule has 0 amide bonds. The van der Waals surface area contributed by atoms with Crippen molar-refractivity contribution < 1.29 is 35.5 Å². The maximum absolute atomic E-state index is 13.4. The molecule has 0 unspecified atom stereocenters. The maximum atomic E-state index is 13.4. The highest BCUT2D eigenvalue weighted by Gasteiger charge is 2.73. The van der Waals surface area contributed by atoms with Gasteiger partial charge in [-0.15, -0.1) is 11.8 Å². The van der Waals surface area contributed by atoms with Crippen LogP contribution in [0.3, 0.4) is 0 Å². The second-order valence-electron chi connectivity index (χ2n) is 6.11. The van der Waals surface area contributed by atoms with Crippen molar-refractivity contribution >= 4 is 11.8 Å². The molecule has 0 atom stereocenters. The Balaban J connectivity index is 1.80. The summed E-state index contributed by atoms with van der Waals surface area (Å²) in [6, 6.07) is 5.11. The van der Waals surface area contributed by atoms with Crippen LogP contribution in [-0.2, 0) is 0 Å². The van der Waals surface area contributed by atoms with Crippen LogP contribution < -0.4 is 4.74 Å². The molecular formula is C17H14F7N5OS. The van der Waals surface area contributed by atoms with Gasteiger partial charge in [-0.05, 0) is 24.0 Å². The van der Waals surface area contributed by atoms with Crippen LogP contribution in [0.5, 0.6) is 5.75 Å². The summed E-state index contributed by atoms with van der Waals surface area (Å²) in [5, 5.41) is 7.94. The van der Waals surface area contributed by atoms with Crippen LogP contribution in [0.1, 0.15) is 6.92 Å². The molecule has 31 heavy (non-hydrogen) atoms. The highest BCUT2D eigenvalue weighted by atomic mass is 32.2. The third kappa shape index (κ3) is 4.62. The van der Waals surface area contributed by atoms with Crippen LogP contribution in [0.2, 0.25) is 0 Å². The molecule has 3 rings (SSSR count). The molecule has 2 aromatic heterocycles. The standard InChI is InChI=1S/C17H14F7N5OS/c1-2-31-14-5-11(29-10-25-9-27-29)3-4-13(14)28-7-12(6-26-28)30-8-15(18,19)16(20,21)17(22,23)24/h3-7,9-10H,2,8H2,1H3. The van der Waals surface area contributed by atoms with Crippen molar-refractivity contribution in [2.75, 3.05) is 12.4 Å². The van der Waals surface area contributed by atoms with Gasteiger partial charge in [-0.25, -0.2) is 14.3 Å². The van der Waals surface area contributed by atoms with Gasteiger partial charge in [0.1, 0.15) is 12.7 Å². The minimum absolute atomic E-state index is 0.398. The summed E-state index contributed by atoms with van der Waals surface area (Å²) in [7, 11) is 0. The number of benzene rings is 1. The summed E-state index contributed by atoms with van der Waals surface area (Å²) in [6.45, 7) is -0.274. The van der Waals surface area contributed by atoms with Gasteiger partial charge in [0.2, 0.25) is 0 Å². The molecule has 0 aliphatic carbocycles. The number of alkyl halides is 7. The van der Waals surface area contributed by atoms with Gasteiger partial charge in [-0.1, -0.05) is 6.92 Å². The third-order valence-electron chi connectivity index (χ3n) is 3.97. The Kier molecular flexibility index (Phi) is 6.21. The lowest BCUT2D eigenvalue weighted by Crippen LogP contribution is -2.54. The molecule has 0 spiro atoms. The molecular weight excluding hydrogens is 455 g/mol. The zero-order chi connectivity index (χ0) is 22.9. The topological polar surface area (TPSA) is 57.8 Å². The van der Waals surface area contributed by atoms with Crippen LogP contribution in [-0.4, -0.2) is 54.9 Å². The normalized spacial score (nSPS) is 12.9. The SMILES string of the molecule is CCSc1cc(-n2cncn2)ccc1-n1cc(OCC(F)(F)C(F)(F)C(F)(F)F)cn1. The molecule has 3 aromatic rings. The van der Waals surface area contributed by atoms with E-state index in [-0.39, 0.29) is 0 Å². The minimum Gasteiger partial charge on any atom is -0.484 e. The number of rotatable bonds is 8. The fourth-order valence-corrected chi connectivity index (χ4v) is 3.26. The first-order valence-corrected chi connectivity index (χ1v) is 9.57. The lowest BCUT2D eigenvalue weighted by Gasteiger charge is -2.27. The molecule has 0 aliphatic heterocycles. The average molecular weight is 469 g/mol. The van der Waals surface area contributed by atoms with E-state index >= 15 is 0 Å². The first-order chi connectivity index (χ1) is 14.5.